The SMILES string of the molecule is NNc1cncc(N2CCCOc3ccccc32)n1. The van der Waals surface area contributed by atoms with E-state index in [2.05, 4.69) is 20.3 Å². The Bertz CT molecular complexity index is 574. The molecule has 2 aromatic rings. The topological polar surface area (TPSA) is 76.3 Å². The first-order valence-corrected chi connectivity index (χ1v) is 6.16. The number of benzene rings is 1. The van der Waals surface area contributed by atoms with Gasteiger partial charge in [0.25, 0.3) is 0 Å². The van der Waals surface area contributed by atoms with Crippen molar-refractivity contribution in [2.24, 2.45) is 5.84 Å². The molecule has 0 saturated carbocycles. The Hall–Kier alpha value is -2.34. The second-order valence-corrected chi connectivity index (χ2v) is 4.23. The number of rotatable bonds is 2. The molecule has 0 unspecified atom stereocenters. The lowest BCUT2D eigenvalue weighted by atomic mass is 10.2. The predicted octanol–water partition coefficient (Wildman–Crippen LogP) is 1.68. The number of nitrogens with zero attached hydrogens (tertiary/aromatic N) is 3. The summed E-state index contributed by atoms with van der Waals surface area (Å²) in [7, 11) is 0. The van der Waals surface area contributed by atoms with E-state index in [0.717, 1.165) is 30.2 Å². The lowest BCUT2D eigenvalue weighted by molar-refractivity contribution is 0.322. The number of para-hydroxylation sites is 2. The normalized spacial score (nSPS) is 14.3. The Balaban J connectivity index is 2.03. The molecule has 1 aromatic carbocycles. The highest BCUT2D eigenvalue weighted by molar-refractivity contribution is 5.67. The van der Waals surface area contributed by atoms with E-state index in [1.165, 1.54) is 0 Å². The van der Waals surface area contributed by atoms with Gasteiger partial charge in [0.1, 0.15) is 5.75 Å². The van der Waals surface area contributed by atoms with Crippen LogP contribution < -0.4 is 20.9 Å². The van der Waals surface area contributed by atoms with Gasteiger partial charge in [-0.15, -0.1) is 0 Å². The number of hydrogen-bond donors (Lipinski definition) is 2. The third-order valence-electron chi connectivity index (χ3n) is 2.99. The standard InChI is InChI=1S/C13H15N5O/c14-17-12-8-15-9-13(16-12)18-6-3-7-19-11-5-2-1-4-10(11)18/h1-2,4-5,8-9H,3,6-7,14H2,(H,16,17). The Labute approximate surface area is 111 Å². The fraction of sp³-hybridized carbons (Fsp3) is 0.231. The summed E-state index contributed by atoms with van der Waals surface area (Å²) in [6.45, 7) is 1.54. The highest BCUT2D eigenvalue weighted by Gasteiger charge is 2.18. The van der Waals surface area contributed by atoms with E-state index < -0.39 is 0 Å². The minimum Gasteiger partial charge on any atom is -0.491 e. The van der Waals surface area contributed by atoms with Gasteiger partial charge in [0.2, 0.25) is 0 Å². The molecule has 2 heterocycles. The number of nitrogens with two attached hydrogens (primary N) is 1. The van der Waals surface area contributed by atoms with Crippen molar-refractivity contribution >= 4 is 17.3 Å². The van der Waals surface area contributed by atoms with Crippen molar-refractivity contribution in [2.75, 3.05) is 23.5 Å². The third kappa shape index (κ3) is 2.30. The van der Waals surface area contributed by atoms with E-state index in [0.29, 0.717) is 12.4 Å². The number of nitrogen functional groups attached to an aromatic ring is 1. The second kappa shape index (κ2) is 5.11. The van der Waals surface area contributed by atoms with E-state index in [9.17, 15) is 0 Å². The Morgan fingerprint density at radius 2 is 2.16 bits per heavy atom. The van der Waals surface area contributed by atoms with Gasteiger partial charge in [-0.3, -0.25) is 4.98 Å². The third-order valence-corrected chi connectivity index (χ3v) is 2.99. The summed E-state index contributed by atoms with van der Waals surface area (Å²) in [5.41, 5.74) is 3.52. The summed E-state index contributed by atoms with van der Waals surface area (Å²) < 4.78 is 5.73. The summed E-state index contributed by atoms with van der Waals surface area (Å²) in [5, 5.41) is 0. The van der Waals surface area contributed by atoms with Gasteiger partial charge in [0.05, 0.1) is 24.7 Å². The van der Waals surface area contributed by atoms with Crippen molar-refractivity contribution in [3.63, 3.8) is 0 Å². The smallest absolute Gasteiger partial charge is 0.160 e. The molecule has 0 fully saturated rings. The van der Waals surface area contributed by atoms with Gasteiger partial charge in [0.15, 0.2) is 11.6 Å². The van der Waals surface area contributed by atoms with Gasteiger partial charge in [-0.25, -0.2) is 10.8 Å². The van der Waals surface area contributed by atoms with Crippen molar-refractivity contribution in [3.8, 4) is 5.75 Å². The van der Waals surface area contributed by atoms with Gasteiger partial charge >= 0.3 is 0 Å². The minimum atomic E-state index is 0.542. The molecule has 1 aliphatic heterocycles. The molecule has 0 bridgehead atoms. The maximum atomic E-state index is 5.73. The molecule has 0 spiro atoms. The van der Waals surface area contributed by atoms with E-state index in [-0.39, 0.29) is 0 Å². The van der Waals surface area contributed by atoms with E-state index in [4.69, 9.17) is 10.6 Å². The maximum Gasteiger partial charge on any atom is 0.160 e. The predicted molar refractivity (Wildman–Crippen MR) is 73.4 cm³/mol. The Kier molecular flexibility index (Phi) is 3.16. The molecule has 0 amide bonds. The highest BCUT2D eigenvalue weighted by atomic mass is 16.5. The van der Waals surface area contributed by atoms with Crippen LogP contribution in [0.4, 0.5) is 17.3 Å². The summed E-state index contributed by atoms with van der Waals surface area (Å²) in [6.07, 6.45) is 4.24. The fourth-order valence-electron chi connectivity index (χ4n) is 2.12. The molecule has 6 nitrogen and oxygen atoms in total. The van der Waals surface area contributed by atoms with Gasteiger partial charge in [-0.05, 0) is 18.6 Å². The van der Waals surface area contributed by atoms with Gasteiger partial charge < -0.3 is 15.1 Å². The number of fused-ring (bicyclic) bond motifs is 1. The van der Waals surface area contributed by atoms with Crippen LogP contribution in [0, 0.1) is 0 Å². The van der Waals surface area contributed by atoms with Crippen molar-refractivity contribution in [2.45, 2.75) is 6.42 Å². The number of hydrogen-bond acceptors (Lipinski definition) is 6. The lowest BCUT2D eigenvalue weighted by Gasteiger charge is -2.22. The molecule has 6 heteroatoms. The van der Waals surface area contributed by atoms with Crippen molar-refractivity contribution in [1.82, 2.24) is 9.97 Å². The summed E-state index contributed by atoms with van der Waals surface area (Å²) in [5.74, 6) is 7.55. The zero-order valence-corrected chi connectivity index (χ0v) is 10.4. The van der Waals surface area contributed by atoms with Crippen LogP contribution in [-0.4, -0.2) is 23.1 Å². The quantitative estimate of drug-likeness (QED) is 0.629. The Morgan fingerprint density at radius 1 is 1.26 bits per heavy atom. The van der Waals surface area contributed by atoms with Crippen LogP contribution in [0.5, 0.6) is 5.75 Å². The molecule has 0 atom stereocenters. The Morgan fingerprint density at radius 3 is 3.05 bits per heavy atom. The first kappa shape index (κ1) is 11.7. The highest BCUT2D eigenvalue weighted by Crippen LogP contribution is 2.34. The number of aromatic nitrogens is 2. The lowest BCUT2D eigenvalue weighted by Crippen LogP contribution is -2.20. The van der Waals surface area contributed by atoms with E-state index >= 15 is 0 Å². The number of nitrogens with one attached hydrogen (secondary N) is 1. The zero-order chi connectivity index (χ0) is 13.1. The molecule has 98 valence electrons. The molecule has 3 rings (SSSR count). The molecule has 1 aromatic heterocycles. The van der Waals surface area contributed by atoms with Crippen LogP contribution in [-0.2, 0) is 0 Å². The first-order valence-electron chi connectivity index (χ1n) is 6.16. The molecule has 19 heavy (non-hydrogen) atoms. The molecular formula is C13H15N5O. The summed E-state index contributed by atoms with van der Waals surface area (Å²) in [4.78, 5) is 10.7. The summed E-state index contributed by atoms with van der Waals surface area (Å²) >= 11 is 0. The van der Waals surface area contributed by atoms with Crippen LogP contribution in [0.15, 0.2) is 36.7 Å². The monoisotopic (exact) mass is 257 g/mol. The van der Waals surface area contributed by atoms with Crippen LogP contribution >= 0.6 is 0 Å². The van der Waals surface area contributed by atoms with Crippen molar-refractivity contribution in [1.29, 1.82) is 0 Å². The minimum absolute atomic E-state index is 0.542. The van der Waals surface area contributed by atoms with Crippen LogP contribution in [0.3, 0.4) is 0 Å². The van der Waals surface area contributed by atoms with Crippen molar-refractivity contribution in [3.05, 3.63) is 36.7 Å². The largest absolute Gasteiger partial charge is 0.491 e. The number of anilines is 3. The second-order valence-electron chi connectivity index (χ2n) is 4.23. The zero-order valence-electron chi connectivity index (χ0n) is 10.4. The average Bonchev–Trinajstić information content (AvgIpc) is 2.69. The molecule has 0 saturated heterocycles. The molecule has 0 radical (unpaired) electrons. The number of ether oxygens (including phenoxy) is 1. The molecule has 3 N–H and O–H groups in total. The van der Waals surface area contributed by atoms with Gasteiger partial charge in [-0.2, -0.15) is 0 Å². The van der Waals surface area contributed by atoms with E-state index in [1.54, 1.807) is 12.4 Å². The van der Waals surface area contributed by atoms with Crippen LogP contribution in [0.25, 0.3) is 0 Å². The van der Waals surface area contributed by atoms with Crippen LogP contribution in [0.1, 0.15) is 6.42 Å². The molecule has 1 aliphatic rings. The average molecular weight is 257 g/mol. The van der Waals surface area contributed by atoms with E-state index in [1.807, 2.05) is 24.3 Å². The van der Waals surface area contributed by atoms with Gasteiger partial charge in [0, 0.05) is 6.54 Å². The molecular weight excluding hydrogens is 242 g/mol. The maximum absolute atomic E-state index is 5.73. The molecule has 0 aliphatic carbocycles. The van der Waals surface area contributed by atoms with Crippen LogP contribution in [0.2, 0.25) is 0 Å². The van der Waals surface area contributed by atoms with Crippen molar-refractivity contribution < 1.29 is 4.74 Å². The first-order chi connectivity index (χ1) is 9.38. The van der Waals surface area contributed by atoms with Gasteiger partial charge in [-0.1, -0.05) is 12.1 Å². The number of hydrazine groups is 1. The fourth-order valence-corrected chi connectivity index (χ4v) is 2.12. The summed E-state index contributed by atoms with van der Waals surface area (Å²) in [6, 6.07) is 7.93.